The summed E-state index contributed by atoms with van der Waals surface area (Å²) in [6, 6.07) is 23.6. The van der Waals surface area contributed by atoms with Crippen LogP contribution >= 0.6 is 0 Å². The maximum absolute atomic E-state index is 14.0. The summed E-state index contributed by atoms with van der Waals surface area (Å²) in [4.78, 5) is 35.3. The van der Waals surface area contributed by atoms with Gasteiger partial charge in [0, 0.05) is 37.8 Å². The van der Waals surface area contributed by atoms with Gasteiger partial charge in [-0.3, -0.25) is 19.6 Å². The van der Waals surface area contributed by atoms with Crippen LogP contribution in [0.4, 0.5) is 4.79 Å². The molecule has 0 saturated carbocycles. The molecule has 2 aliphatic heterocycles. The third-order valence-electron chi connectivity index (χ3n) is 7.67. The zero-order valence-corrected chi connectivity index (χ0v) is 21.3. The average molecular weight is 499 g/mol. The standard InChI is InChI=1S/C30H34N4O3/c1-37-27-12-7-10-24(20-27)22-33-17-13-25(14-18-33)30(21-23-8-3-2-4-9-23)28(35)34(29(36)32-30)19-15-26-11-5-6-16-31-26/h2-12,16,20,25H,13-15,17-19,21-22H2,1H3,(H,32,36). The molecule has 3 heterocycles. The van der Waals surface area contributed by atoms with Crippen molar-refractivity contribution in [1.29, 1.82) is 0 Å². The fraction of sp³-hybridized carbons (Fsp3) is 0.367. The summed E-state index contributed by atoms with van der Waals surface area (Å²) in [6.07, 6.45) is 4.47. The minimum Gasteiger partial charge on any atom is -0.497 e. The summed E-state index contributed by atoms with van der Waals surface area (Å²) in [7, 11) is 1.68. The molecule has 2 aliphatic rings. The van der Waals surface area contributed by atoms with Crippen LogP contribution in [0.2, 0.25) is 0 Å². The minimum atomic E-state index is -0.926. The predicted octanol–water partition coefficient (Wildman–Crippen LogP) is 4.08. The van der Waals surface area contributed by atoms with E-state index in [4.69, 9.17) is 4.74 Å². The Hall–Kier alpha value is -3.71. The molecule has 7 heteroatoms. The molecule has 3 amide bonds. The number of carbonyl (C=O) groups is 2. The Morgan fingerprint density at radius 1 is 0.973 bits per heavy atom. The van der Waals surface area contributed by atoms with Gasteiger partial charge in [-0.05, 0) is 67.2 Å². The maximum Gasteiger partial charge on any atom is 0.325 e. The van der Waals surface area contributed by atoms with E-state index in [0.717, 1.165) is 49.5 Å². The van der Waals surface area contributed by atoms with E-state index in [1.54, 1.807) is 13.3 Å². The Balaban J connectivity index is 1.32. The highest BCUT2D eigenvalue weighted by atomic mass is 16.5. The molecule has 2 fully saturated rings. The smallest absolute Gasteiger partial charge is 0.325 e. The van der Waals surface area contributed by atoms with Crippen molar-refractivity contribution in [2.24, 2.45) is 5.92 Å². The number of nitrogens with one attached hydrogen (secondary N) is 1. The highest BCUT2D eigenvalue weighted by Crippen LogP contribution is 2.37. The summed E-state index contributed by atoms with van der Waals surface area (Å²) in [5.74, 6) is 0.813. The first-order chi connectivity index (χ1) is 18.1. The largest absolute Gasteiger partial charge is 0.497 e. The third kappa shape index (κ3) is 5.52. The van der Waals surface area contributed by atoms with Crippen LogP contribution in [0.25, 0.3) is 0 Å². The number of pyridine rings is 1. The summed E-state index contributed by atoms with van der Waals surface area (Å²) in [6.45, 7) is 2.91. The van der Waals surface area contributed by atoms with Crippen molar-refractivity contribution in [3.05, 3.63) is 95.8 Å². The monoisotopic (exact) mass is 498 g/mol. The number of amides is 3. The van der Waals surface area contributed by atoms with Gasteiger partial charge in [-0.15, -0.1) is 0 Å². The van der Waals surface area contributed by atoms with Crippen LogP contribution in [0.1, 0.15) is 29.7 Å². The van der Waals surface area contributed by atoms with Crippen molar-refractivity contribution >= 4 is 11.9 Å². The maximum atomic E-state index is 14.0. The Kier molecular flexibility index (Phi) is 7.51. The quantitative estimate of drug-likeness (QED) is 0.450. The van der Waals surface area contributed by atoms with Crippen molar-refractivity contribution in [2.45, 2.75) is 37.8 Å². The van der Waals surface area contributed by atoms with E-state index >= 15 is 0 Å². The molecule has 0 spiro atoms. The van der Waals surface area contributed by atoms with Crippen LogP contribution in [0.5, 0.6) is 5.75 Å². The fourth-order valence-corrected chi connectivity index (χ4v) is 5.69. The summed E-state index contributed by atoms with van der Waals surface area (Å²) in [5.41, 5.74) is 2.21. The second-order valence-corrected chi connectivity index (χ2v) is 9.99. The predicted molar refractivity (Wildman–Crippen MR) is 142 cm³/mol. The van der Waals surface area contributed by atoms with Crippen LogP contribution in [0, 0.1) is 5.92 Å². The molecule has 0 bridgehead atoms. The summed E-state index contributed by atoms with van der Waals surface area (Å²) >= 11 is 0. The molecule has 37 heavy (non-hydrogen) atoms. The normalized spacial score (nSPS) is 20.7. The topological polar surface area (TPSA) is 74.8 Å². The molecule has 7 nitrogen and oxygen atoms in total. The molecule has 0 aliphatic carbocycles. The number of benzene rings is 2. The fourth-order valence-electron chi connectivity index (χ4n) is 5.69. The van der Waals surface area contributed by atoms with Crippen molar-refractivity contribution in [3.63, 3.8) is 0 Å². The van der Waals surface area contributed by atoms with Gasteiger partial charge < -0.3 is 10.1 Å². The first kappa shape index (κ1) is 25.0. The van der Waals surface area contributed by atoms with Gasteiger partial charge in [-0.2, -0.15) is 0 Å². The zero-order valence-electron chi connectivity index (χ0n) is 21.3. The van der Waals surface area contributed by atoms with Gasteiger partial charge in [-0.1, -0.05) is 48.5 Å². The molecule has 3 aromatic rings. The average Bonchev–Trinajstić information content (AvgIpc) is 3.18. The van der Waals surface area contributed by atoms with Crippen LogP contribution in [0.3, 0.4) is 0 Å². The Labute approximate surface area is 218 Å². The first-order valence-electron chi connectivity index (χ1n) is 13.0. The Morgan fingerprint density at radius 3 is 2.46 bits per heavy atom. The molecule has 2 aromatic carbocycles. The molecule has 1 unspecified atom stereocenters. The number of piperidine rings is 1. The Morgan fingerprint density at radius 2 is 1.73 bits per heavy atom. The lowest BCUT2D eigenvalue weighted by atomic mass is 9.74. The number of methoxy groups -OCH3 is 1. The van der Waals surface area contributed by atoms with Gasteiger partial charge in [0.15, 0.2) is 0 Å². The van der Waals surface area contributed by atoms with Crippen molar-refractivity contribution in [2.75, 3.05) is 26.7 Å². The van der Waals surface area contributed by atoms with Crippen LogP contribution in [0.15, 0.2) is 79.0 Å². The molecule has 1 N–H and O–H groups in total. The number of likely N-dealkylation sites (tertiary alicyclic amines) is 1. The van der Waals surface area contributed by atoms with Gasteiger partial charge in [0.05, 0.1) is 7.11 Å². The number of hydrogen-bond donors (Lipinski definition) is 1. The molecule has 1 aromatic heterocycles. The number of carbonyl (C=O) groups excluding carboxylic acids is 2. The molecule has 2 saturated heterocycles. The van der Waals surface area contributed by atoms with E-state index in [0.29, 0.717) is 19.4 Å². The van der Waals surface area contributed by atoms with Crippen LogP contribution in [-0.4, -0.2) is 59.0 Å². The van der Waals surface area contributed by atoms with Gasteiger partial charge in [0.1, 0.15) is 11.3 Å². The summed E-state index contributed by atoms with van der Waals surface area (Å²) < 4.78 is 5.37. The minimum absolute atomic E-state index is 0.0607. The van der Waals surface area contributed by atoms with Gasteiger partial charge in [0.2, 0.25) is 0 Å². The highest BCUT2D eigenvalue weighted by molar-refractivity contribution is 6.07. The number of ether oxygens (including phenoxy) is 1. The molecular formula is C30H34N4O3. The molecular weight excluding hydrogens is 464 g/mol. The zero-order chi connectivity index (χ0) is 25.7. The van der Waals surface area contributed by atoms with E-state index in [9.17, 15) is 9.59 Å². The van der Waals surface area contributed by atoms with E-state index in [1.807, 2.05) is 60.7 Å². The number of nitrogens with zero attached hydrogens (tertiary/aromatic N) is 3. The van der Waals surface area contributed by atoms with E-state index in [-0.39, 0.29) is 17.9 Å². The Bertz CT molecular complexity index is 1210. The number of aromatic nitrogens is 1. The summed E-state index contributed by atoms with van der Waals surface area (Å²) in [5, 5.41) is 3.18. The van der Waals surface area contributed by atoms with Crippen molar-refractivity contribution in [3.8, 4) is 5.75 Å². The van der Waals surface area contributed by atoms with Gasteiger partial charge >= 0.3 is 6.03 Å². The SMILES string of the molecule is COc1cccc(CN2CCC(C3(Cc4ccccc4)NC(=O)N(CCc4ccccn4)C3=O)CC2)c1. The van der Waals surface area contributed by atoms with E-state index in [1.165, 1.54) is 10.5 Å². The molecule has 5 rings (SSSR count). The molecule has 0 radical (unpaired) electrons. The van der Waals surface area contributed by atoms with Gasteiger partial charge in [-0.25, -0.2) is 4.79 Å². The lowest BCUT2D eigenvalue weighted by Gasteiger charge is -2.41. The number of urea groups is 1. The van der Waals surface area contributed by atoms with E-state index in [2.05, 4.69) is 27.3 Å². The lowest BCUT2D eigenvalue weighted by Crippen LogP contribution is -2.57. The van der Waals surface area contributed by atoms with Crippen molar-refractivity contribution in [1.82, 2.24) is 20.1 Å². The molecule has 1 atom stereocenters. The number of hydrogen-bond acceptors (Lipinski definition) is 5. The molecule has 192 valence electrons. The second kappa shape index (κ2) is 11.1. The number of imide groups is 1. The second-order valence-electron chi connectivity index (χ2n) is 9.99. The lowest BCUT2D eigenvalue weighted by molar-refractivity contribution is -0.134. The highest BCUT2D eigenvalue weighted by Gasteiger charge is 2.55. The van der Waals surface area contributed by atoms with Crippen molar-refractivity contribution < 1.29 is 14.3 Å². The van der Waals surface area contributed by atoms with Crippen LogP contribution in [-0.2, 0) is 24.2 Å². The van der Waals surface area contributed by atoms with Crippen LogP contribution < -0.4 is 10.1 Å². The van der Waals surface area contributed by atoms with Gasteiger partial charge in [0.25, 0.3) is 5.91 Å². The first-order valence-corrected chi connectivity index (χ1v) is 13.0. The van der Waals surface area contributed by atoms with E-state index < -0.39 is 5.54 Å². The number of rotatable bonds is 9. The third-order valence-corrected chi connectivity index (χ3v) is 7.67.